The fourth-order valence-electron chi connectivity index (χ4n) is 1.48. The van der Waals surface area contributed by atoms with Gasteiger partial charge in [0.15, 0.2) is 0 Å². The number of nitrogens with zero attached hydrogens (tertiary/aromatic N) is 1. The van der Waals surface area contributed by atoms with Crippen molar-refractivity contribution in [2.75, 3.05) is 7.05 Å². The summed E-state index contributed by atoms with van der Waals surface area (Å²) in [5.41, 5.74) is -0.710. The van der Waals surface area contributed by atoms with Gasteiger partial charge in [0.1, 0.15) is 5.60 Å². The largest absolute Gasteiger partial charge is 0.444 e. The Bertz CT molecular complexity index is 461. The molecule has 0 heterocycles. The van der Waals surface area contributed by atoms with Crippen molar-refractivity contribution in [3.63, 3.8) is 0 Å². The molecule has 0 spiro atoms. The monoisotopic (exact) mass is 289 g/mol. The molecule has 0 saturated carbocycles. The Balaban J connectivity index is 2.67. The van der Waals surface area contributed by atoms with E-state index in [-0.39, 0.29) is 6.54 Å². The molecule has 1 amide bonds. The maximum absolute atomic E-state index is 12.4. The summed E-state index contributed by atoms with van der Waals surface area (Å²) >= 11 is 0. The van der Waals surface area contributed by atoms with Gasteiger partial charge in [0.05, 0.1) is 5.56 Å². The molecule has 0 aromatic heterocycles. The molecule has 0 bridgehead atoms. The Morgan fingerprint density at radius 3 is 2.05 bits per heavy atom. The first-order valence-corrected chi connectivity index (χ1v) is 6.09. The third kappa shape index (κ3) is 5.11. The third-order valence-corrected chi connectivity index (χ3v) is 2.41. The minimum atomic E-state index is -4.35. The van der Waals surface area contributed by atoms with E-state index in [1.165, 1.54) is 24.1 Å². The Morgan fingerprint density at radius 2 is 1.65 bits per heavy atom. The summed E-state index contributed by atoms with van der Waals surface area (Å²) in [6, 6.07) is 4.70. The molecule has 0 fully saturated rings. The number of hydrogen-bond donors (Lipinski definition) is 0. The van der Waals surface area contributed by atoms with Crippen LogP contribution in [0.2, 0.25) is 0 Å². The number of hydrogen-bond acceptors (Lipinski definition) is 2. The summed E-state index contributed by atoms with van der Waals surface area (Å²) in [5, 5.41) is 0. The van der Waals surface area contributed by atoms with Gasteiger partial charge in [0.2, 0.25) is 0 Å². The van der Waals surface area contributed by atoms with Crippen molar-refractivity contribution < 1.29 is 22.7 Å². The molecule has 1 rings (SSSR count). The smallest absolute Gasteiger partial charge is 0.416 e. The van der Waals surface area contributed by atoms with Crippen molar-refractivity contribution >= 4 is 6.09 Å². The van der Waals surface area contributed by atoms with Gasteiger partial charge in [-0.15, -0.1) is 0 Å². The van der Waals surface area contributed by atoms with Crippen molar-refractivity contribution in [2.45, 2.75) is 39.1 Å². The first-order valence-electron chi connectivity index (χ1n) is 6.09. The standard InChI is InChI=1S/C14H18F3NO2/c1-13(2,3)20-12(19)18(4)9-10-5-7-11(8-6-10)14(15,16)17/h5-8H,9H2,1-4H3. The number of alkyl halides is 3. The van der Waals surface area contributed by atoms with Crippen LogP contribution >= 0.6 is 0 Å². The molecule has 0 saturated heterocycles. The van der Waals surface area contributed by atoms with E-state index in [0.717, 1.165) is 12.1 Å². The predicted octanol–water partition coefficient (Wildman–Crippen LogP) is 4.07. The Hall–Kier alpha value is -1.72. The van der Waals surface area contributed by atoms with Crippen LogP contribution in [0, 0.1) is 0 Å². The van der Waals surface area contributed by atoms with Crippen LogP contribution in [0.1, 0.15) is 31.9 Å². The molecular formula is C14H18F3NO2. The van der Waals surface area contributed by atoms with Crippen LogP contribution in [0.15, 0.2) is 24.3 Å². The first kappa shape index (κ1) is 16.3. The molecule has 20 heavy (non-hydrogen) atoms. The van der Waals surface area contributed by atoms with Crippen LogP contribution in [-0.4, -0.2) is 23.6 Å². The minimum Gasteiger partial charge on any atom is -0.444 e. The Morgan fingerprint density at radius 1 is 1.15 bits per heavy atom. The van der Waals surface area contributed by atoms with Crippen molar-refractivity contribution in [3.8, 4) is 0 Å². The van der Waals surface area contributed by atoms with E-state index in [0.29, 0.717) is 5.56 Å². The fourth-order valence-corrected chi connectivity index (χ4v) is 1.48. The number of ether oxygens (including phenoxy) is 1. The van der Waals surface area contributed by atoms with Gasteiger partial charge in [0, 0.05) is 13.6 Å². The van der Waals surface area contributed by atoms with Crippen molar-refractivity contribution in [1.82, 2.24) is 4.90 Å². The van der Waals surface area contributed by atoms with Gasteiger partial charge < -0.3 is 9.64 Å². The topological polar surface area (TPSA) is 29.5 Å². The van der Waals surface area contributed by atoms with Crippen LogP contribution in [0.4, 0.5) is 18.0 Å². The zero-order chi connectivity index (χ0) is 15.6. The van der Waals surface area contributed by atoms with E-state index < -0.39 is 23.4 Å². The maximum atomic E-state index is 12.4. The molecule has 0 atom stereocenters. The normalized spacial score (nSPS) is 12.2. The zero-order valence-electron chi connectivity index (χ0n) is 11.9. The van der Waals surface area contributed by atoms with Crippen LogP contribution in [0.25, 0.3) is 0 Å². The lowest BCUT2D eigenvalue weighted by molar-refractivity contribution is -0.137. The fraction of sp³-hybridized carbons (Fsp3) is 0.500. The van der Waals surface area contributed by atoms with E-state index in [1.807, 2.05) is 0 Å². The second-order valence-electron chi connectivity index (χ2n) is 5.53. The van der Waals surface area contributed by atoms with Crippen LogP contribution in [0.3, 0.4) is 0 Å². The number of rotatable bonds is 2. The summed E-state index contributed by atoms with van der Waals surface area (Å²) in [6.07, 6.45) is -4.87. The molecule has 0 unspecified atom stereocenters. The van der Waals surface area contributed by atoms with E-state index in [2.05, 4.69) is 0 Å². The molecule has 1 aromatic carbocycles. The molecule has 112 valence electrons. The van der Waals surface area contributed by atoms with Crippen LogP contribution in [-0.2, 0) is 17.5 Å². The molecule has 1 aromatic rings. The van der Waals surface area contributed by atoms with E-state index in [4.69, 9.17) is 4.74 Å². The Kier molecular flexibility index (Phi) is 4.68. The summed E-state index contributed by atoms with van der Waals surface area (Å²) in [6.45, 7) is 5.43. The van der Waals surface area contributed by atoms with Gasteiger partial charge in [-0.3, -0.25) is 0 Å². The second kappa shape index (κ2) is 5.73. The first-order chi connectivity index (χ1) is 8.99. The van der Waals surface area contributed by atoms with Gasteiger partial charge in [-0.2, -0.15) is 13.2 Å². The van der Waals surface area contributed by atoms with Gasteiger partial charge in [-0.25, -0.2) is 4.79 Å². The second-order valence-corrected chi connectivity index (χ2v) is 5.53. The van der Waals surface area contributed by atoms with E-state index in [9.17, 15) is 18.0 Å². The van der Waals surface area contributed by atoms with E-state index in [1.54, 1.807) is 20.8 Å². The summed E-state index contributed by atoms with van der Waals surface area (Å²) < 4.78 is 42.4. The van der Waals surface area contributed by atoms with Gasteiger partial charge in [-0.1, -0.05) is 12.1 Å². The lowest BCUT2D eigenvalue weighted by atomic mass is 10.1. The Labute approximate surface area is 116 Å². The average Bonchev–Trinajstić information content (AvgIpc) is 2.26. The highest BCUT2D eigenvalue weighted by molar-refractivity contribution is 5.67. The van der Waals surface area contributed by atoms with Gasteiger partial charge in [0.25, 0.3) is 0 Å². The van der Waals surface area contributed by atoms with E-state index >= 15 is 0 Å². The number of carbonyl (C=O) groups excluding carboxylic acids is 1. The third-order valence-electron chi connectivity index (χ3n) is 2.41. The van der Waals surface area contributed by atoms with Crippen LogP contribution < -0.4 is 0 Å². The maximum Gasteiger partial charge on any atom is 0.416 e. The molecule has 0 N–H and O–H groups in total. The van der Waals surface area contributed by atoms with Gasteiger partial charge in [-0.05, 0) is 38.5 Å². The minimum absolute atomic E-state index is 0.188. The molecule has 0 aliphatic rings. The molecule has 3 nitrogen and oxygen atoms in total. The summed E-state index contributed by atoms with van der Waals surface area (Å²) in [5.74, 6) is 0. The molecular weight excluding hydrogens is 271 g/mol. The summed E-state index contributed by atoms with van der Waals surface area (Å²) in [4.78, 5) is 13.0. The number of benzene rings is 1. The zero-order valence-corrected chi connectivity index (χ0v) is 11.9. The highest BCUT2D eigenvalue weighted by Crippen LogP contribution is 2.29. The molecule has 0 radical (unpaired) electrons. The number of halogens is 3. The predicted molar refractivity (Wildman–Crippen MR) is 69.1 cm³/mol. The molecule has 0 aliphatic carbocycles. The lowest BCUT2D eigenvalue weighted by Gasteiger charge is -2.24. The molecule has 6 heteroatoms. The molecule has 0 aliphatic heterocycles. The lowest BCUT2D eigenvalue weighted by Crippen LogP contribution is -2.33. The number of carbonyl (C=O) groups is 1. The highest BCUT2D eigenvalue weighted by Gasteiger charge is 2.30. The number of amides is 1. The highest BCUT2D eigenvalue weighted by atomic mass is 19.4. The average molecular weight is 289 g/mol. The van der Waals surface area contributed by atoms with Crippen molar-refractivity contribution in [1.29, 1.82) is 0 Å². The van der Waals surface area contributed by atoms with Crippen molar-refractivity contribution in [3.05, 3.63) is 35.4 Å². The van der Waals surface area contributed by atoms with Crippen LogP contribution in [0.5, 0.6) is 0 Å². The quantitative estimate of drug-likeness (QED) is 0.821. The van der Waals surface area contributed by atoms with Crippen molar-refractivity contribution in [2.24, 2.45) is 0 Å². The summed E-state index contributed by atoms with van der Waals surface area (Å²) in [7, 11) is 1.53. The SMILES string of the molecule is CN(Cc1ccc(C(F)(F)F)cc1)C(=O)OC(C)(C)C. The van der Waals surface area contributed by atoms with Gasteiger partial charge >= 0.3 is 12.3 Å².